The topological polar surface area (TPSA) is 85.2 Å². The molecule has 8 nitrogen and oxygen atoms in total. The third kappa shape index (κ3) is 5.70. The van der Waals surface area contributed by atoms with Gasteiger partial charge in [-0.2, -0.15) is 23.3 Å². The Morgan fingerprint density at radius 1 is 1.29 bits per heavy atom. The molecule has 2 atom stereocenters. The number of alkyl halides is 5. The van der Waals surface area contributed by atoms with Crippen molar-refractivity contribution in [3.63, 3.8) is 0 Å². The molecule has 1 amide bonds. The smallest absolute Gasteiger partial charge is 0.423 e. The maximum Gasteiger partial charge on any atom is 0.423 e. The molecule has 1 aromatic carbocycles. The molecule has 2 aromatic heterocycles. The number of hydrogen-bond acceptors (Lipinski definition) is 6. The molecule has 0 saturated carbocycles. The van der Waals surface area contributed by atoms with Crippen molar-refractivity contribution < 1.29 is 31.5 Å². The second-order valence-electron chi connectivity index (χ2n) is 9.47. The first-order valence-electron chi connectivity index (χ1n) is 11.8. The van der Waals surface area contributed by atoms with Crippen molar-refractivity contribution in [3.05, 3.63) is 53.5 Å². The van der Waals surface area contributed by atoms with Crippen LogP contribution in [0.15, 0.2) is 36.7 Å². The van der Waals surface area contributed by atoms with Gasteiger partial charge in [0.25, 0.3) is 11.8 Å². The van der Waals surface area contributed by atoms with Crippen LogP contribution in [0, 0.1) is 12.8 Å². The lowest BCUT2D eigenvalue weighted by Gasteiger charge is -2.43. The fourth-order valence-corrected chi connectivity index (χ4v) is 4.68. The zero-order chi connectivity index (χ0) is 27.8. The summed E-state index contributed by atoms with van der Waals surface area (Å²) in [7, 11) is 2.68. The Morgan fingerprint density at radius 3 is 2.68 bits per heavy atom. The lowest BCUT2D eigenvalue weighted by molar-refractivity contribution is -0.139. The zero-order valence-corrected chi connectivity index (χ0v) is 21.2. The third-order valence-electron chi connectivity index (χ3n) is 6.42. The summed E-state index contributed by atoms with van der Waals surface area (Å²) in [6.45, 7) is 2.58. The number of anilines is 1. The quantitative estimate of drug-likeness (QED) is 0.454. The molecular weight excluding hydrogens is 511 g/mol. The summed E-state index contributed by atoms with van der Waals surface area (Å²) >= 11 is 0. The highest BCUT2D eigenvalue weighted by Gasteiger charge is 2.47. The Hall–Kier alpha value is -3.77. The number of rotatable bonds is 6. The van der Waals surface area contributed by atoms with E-state index in [1.54, 1.807) is 20.2 Å². The van der Waals surface area contributed by atoms with Gasteiger partial charge in [0.05, 0.1) is 19.7 Å². The number of amides is 1. The molecule has 1 aliphatic heterocycles. The number of likely N-dealkylation sites (tertiary alicyclic amines) is 1. The molecule has 1 aliphatic rings. The van der Waals surface area contributed by atoms with Crippen molar-refractivity contribution in [2.75, 3.05) is 25.5 Å². The Labute approximate surface area is 215 Å². The minimum Gasteiger partial charge on any atom is -0.480 e. The monoisotopic (exact) mass is 538 g/mol. The van der Waals surface area contributed by atoms with Crippen LogP contribution in [0.5, 0.6) is 5.88 Å². The third-order valence-corrected chi connectivity index (χ3v) is 6.42. The molecule has 1 saturated heterocycles. The van der Waals surface area contributed by atoms with Crippen LogP contribution in [-0.2, 0) is 13.2 Å². The first kappa shape index (κ1) is 27.3. The summed E-state index contributed by atoms with van der Waals surface area (Å²) in [5.41, 5.74) is 1.06. The number of methoxy groups -OCH3 is 1. The van der Waals surface area contributed by atoms with Crippen molar-refractivity contribution >= 4 is 11.9 Å². The maximum absolute atomic E-state index is 14.7. The van der Waals surface area contributed by atoms with E-state index in [2.05, 4.69) is 20.4 Å². The number of piperidine rings is 1. The van der Waals surface area contributed by atoms with Crippen LogP contribution in [0.2, 0.25) is 0 Å². The van der Waals surface area contributed by atoms with Crippen molar-refractivity contribution in [1.29, 1.82) is 0 Å². The van der Waals surface area contributed by atoms with E-state index in [9.17, 15) is 26.7 Å². The van der Waals surface area contributed by atoms with Crippen LogP contribution >= 0.6 is 0 Å². The minimum absolute atomic E-state index is 0.0282. The highest BCUT2D eigenvalue weighted by molar-refractivity contribution is 5.99. The molecule has 38 heavy (non-hydrogen) atoms. The van der Waals surface area contributed by atoms with Gasteiger partial charge in [-0.25, -0.2) is 13.8 Å². The van der Waals surface area contributed by atoms with Gasteiger partial charge < -0.3 is 15.0 Å². The van der Waals surface area contributed by atoms with Crippen molar-refractivity contribution in [2.45, 2.75) is 38.4 Å². The fourth-order valence-electron chi connectivity index (χ4n) is 4.68. The molecule has 0 spiro atoms. The summed E-state index contributed by atoms with van der Waals surface area (Å²) in [6, 6.07) is 6.66. The number of aryl methyl sites for hydroxylation is 2. The SMILES string of the molecule is COc1nc(NCC2[C@H](C)CC(F)(F)CN2C(=O)c2nn(C)cc2-c2cccc(C)c2)ncc1C(F)(F)F. The molecule has 1 unspecified atom stereocenters. The van der Waals surface area contributed by atoms with Gasteiger partial charge in [0.15, 0.2) is 5.69 Å². The number of aromatic nitrogens is 4. The lowest BCUT2D eigenvalue weighted by atomic mass is 9.88. The van der Waals surface area contributed by atoms with Crippen LogP contribution in [0.3, 0.4) is 0 Å². The van der Waals surface area contributed by atoms with E-state index in [-0.39, 0.29) is 18.2 Å². The molecule has 204 valence electrons. The van der Waals surface area contributed by atoms with E-state index >= 15 is 0 Å². The van der Waals surface area contributed by atoms with Crippen LogP contribution in [0.4, 0.5) is 27.9 Å². The van der Waals surface area contributed by atoms with Crippen LogP contribution < -0.4 is 10.1 Å². The van der Waals surface area contributed by atoms with E-state index < -0.39 is 54.4 Å². The predicted molar refractivity (Wildman–Crippen MR) is 129 cm³/mol. The van der Waals surface area contributed by atoms with Crippen molar-refractivity contribution in [3.8, 4) is 17.0 Å². The Morgan fingerprint density at radius 2 is 2.03 bits per heavy atom. The number of benzene rings is 1. The maximum atomic E-state index is 14.7. The largest absolute Gasteiger partial charge is 0.480 e. The molecule has 1 N–H and O–H groups in total. The summed E-state index contributed by atoms with van der Waals surface area (Å²) < 4.78 is 75.0. The number of carbonyl (C=O) groups is 1. The second-order valence-corrected chi connectivity index (χ2v) is 9.47. The highest BCUT2D eigenvalue weighted by Crippen LogP contribution is 2.37. The van der Waals surface area contributed by atoms with Gasteiger partial charge in [0.1, 0.15) is 5.56 Å². The second kappa shape index (κ2) is 10.2. The average Bonchev–Trinajstić information content (AvgIpc) is 3.23. The number of nitrogens with zero attached hydrogens (tertiary/aromatic N) is 5. The van der Waals surface area contributed by atoms with Crippen molar-refractivity contribution in [1.82, 2.24) is 24.6 Å². The Balaban J connectivity index is 1.63. The molecule has 3 heterocycles. The van der Waals surface area contributed by atoms with E-state index in [1.165, 1.54) is 4.68 Å². The van der Waals surface area contributed by atoms with Gasteiger partial charge in [-0.3, -0.25) is 9.48 Å². The summed E-state index contributed by atoms with van der Waals surface area (Å²) in [6.07, 6.45) is -2.94. The number of hydrogen-bond donors (Lipinski definition) is 1. The average molecular weight is 539 g/mol. The van der Waals surface area contributed by atoms with E-state index in [0.717, 1.165) is 23.1 Å². The highest BCUT2D eigenvalue weighted by atomic mass is 19.4. The summed E-state index contributed by atoms with van der Waals surface area (Å²) in [4.78, 5) is 22.2. The van der Waals surface area contributed by atoms with Gasteiger partial charge >= 0.3 is 6.18 Å². The van der Waals surface area contributed by atoms with Gasteiger partial charge in [-0.15, -0.1) is 0 Å². The van der Waals surface area contributed by atoms with E-state index in [0.29, 0.717) is 11.8 Å². The van der Waals surface area contributed by atoms with Crippen LogP contribution in [-0.4, -0.2) is 62.7 Å². The zero-order valence-electron chi connectivity index (χ0n) is 21.2. The van der Waals surface area contributed by atoms with Gasteiger partial charge in [-0.1, -0.05) is 36.8 Å². The first-order valence-corrected chi connectivity index (χ1v) is 11.8. The molecule has 0 bridgehead atoms. The van der Waals surface area contributed by atoms with Gasteiger partial charge in [0.2, 0.25) is 11.8 Å². The molecule has 13 heteroatoms. The molecular formula is C25H27F5N6O2. The number of ether oxygens (including phenoxy) is 1. The summed E-state index contributed by atoms with van der Waals surface area (Å²) in [5.74, 6) is -5.32. The van der Waals surface area contributed by atoms with Crippen LogP contribution in [0.25, 0.3) is 11.1 Å². The molecule has 3 aromatic rings. The van der Waals surface area contributed by atoms with Gasteiger partial charge in [-0.05, 0) is 18.4 Å². The fraction of sp³-hybridized carbons (Fsp3) is 0.440. The number of carbonyl (C=O) groups excluding carboxylic acids is 1. The van der Waals surface area contributed by atoms with Gasteiger partial charge in [0, 0.05) is 38.0 Å². The standard InChI is InChI=1S/C25H27F5N6O2/c1-14-6-5-7-16(8-14)17-12-35(3)34-20(17)22(37)36-13-24(26,27)9-15(2)19(36)11-32-23-31-10-18(25(28,29)30)21(33-23)38-4/h5-8,10,12,15,19H,9,11,13H2,1-4H3,(H,31,32,33)/t15-,19?/m1/s1. The summed E-state index contributed by atoms with van der Waals surface area (Å²) in [5, 5.41) is 7.07. The van der Waals surface area contributed by atoms with Crippen LogP contribution in [0.1, 0.15) is 35.0 Å². The number of nitrogens with one attached hydrogen (secondary N) is 1. The van der Waals surface area contributed by atoms with Crippen molar-refractivity contribution in [2.24, 2.45) is 13.0 Å². The normalized spacial score (nSPS) is 19.3. The van der Waals surface area contributed by atoms with E-state index in [4.69, 9.17) is 4.74 Å². The first-order chi connectivity index (χ1) is 17.8. The van der Waals surface area contributed by atoms with E-state index in [1.807, 2.05) is 31.2 Å². The predicted octanol–water partition coefficient (Wildman–Crippen LogP) is 4.81. The molecule has 1 fully saturated rings. The Kier molecular flexibility index (Phi) is 7.31. The Bertz CT molecular complexity index is 1330. The lowest BCUT2D eigenvalue weighted by Crippen LogP contribution is -2.57. The minimum atomic E-state index is -4.71. The molecule has 0 radical (unpaired) electrons. The molecule has 0 aliphatic carbocycles. The number of halogens is 5. The molecule has 4 rings (SSSR count).